The second-order valence-corrected chi connectivity index (χ2v) is 5.61. The van der Waals surface area contributed by atoms with Crippen LogP contribution in [-0.2, 0) is 6.54 Å². The van der Waals surface area contributed by atoms with Gasteiger partial charge in [-0.3, -0.25) is 4.90 Å². The summed E-state index contributed by atoms with van der Waals surface area (Å²) in [5.74, 6) is -0.0899. The Hall–Kier alpha value is -0.930. The quantitative estimate of drug-likeness (QED) is 0.849. The standard InChI is InChI=1S/C16H25FN2/c1-3-9-19(12-15-5-4-8-18-15)11-14-7-6-13(2)16(17)10-14/h6-7,10,15,18H,3-5,8-9,11-12H2,1-2H3. The van der Waals surface area contributed by atoms with Crippen molar-refractivity contribution < 1.29 is 4.39 Å². The summed E-state index contributed by atoms with van der Waals surface area (Å²) in [6.45, 7) is 8.15. The van der Waals surface area contributed by atoms with Gasteiger partial charge in [-0.05, 0) is 56.5 Å². The summed E-state index contributed by atoms with van der Waals surface area (Å²) in [7, 11) is 0. The molecule has 1 aliphatic rings. The Bertz CT molecular complexity index is 400. The fourth-order valence-electron chi connectivity index (χ4n) is 2.77. The minimum Gasteiger partial charge on any atom is -0.313 e. The van der Waals surface area contributed by atoms with Gasteiger partial charge in [0.1, 0.15) is 5.82 Å². The summed E-state index contributed by atoms with van der Waals surface area (Å²) in [5.41, 5.74) is 1.80. The van der Waals surface area contributed by atoms with E-state index in [4.69, 9.17) is 0 Å². The van der Waals surface area contributed by atoms with E-state index in [2.05, 4.69) is 17.1 Å². The summed E-state index contributed by atoms with van der Waals surface area (Å²) >= 11 is 0. The van der Waals surface area contributed by atoms with Crippen molar-refractivity contribution in [3.05, 3.63) is 35.1 Å². The van der Waals surface area contributed by atoms with Crippen LogP contribution >= 0.6 is 0 Å². The maximum Gasteiger partial charge on any atom is 0.126 e. The molecule has 1 atom stereocenters. The lowest BCUT2D eigenvalue weighted by Gasteiger charge is -2.25. The van der Waals surface area contributed by atoms with Crippen molar-refractivity contribution in [3.8, 4) is 0 Å². The monoisotopic (exact) mass is 264 g/mol. The van der Waals surface area contributed by atoms with Crippen LogP contribution in [-0.4, -0.2) is 30.6 Å². The fourth-order valence-corrected chi connectivity index (χ4v) is 2.77. The highest BCUT2D eigenvalue weighted by Crippen LogP contribution is 2.14. The molecule has 1 aromatic carbocycles. The van der Waals surface area contributed by atoms with Crippen LogP contribution in [0.15, 0.2) is 18.2 Å². The molecule has 1 saturated heterocycles. The largest absolute Gasteiger partial charge is 0.313 e. The third-order valence-corrected chi connectivity index (χ3v) is 3.82. The van der Waals surface area contributed by atoms with Gasteiger partial charge in [-0.15, -0.1) is 0 Å². The number of hydrogen-bond acceptors (Lipinski definition) is 2. The third kappa shape index (κ3) is 4.29. The summed E-state index contributed by atoms with van der Waals surface area (Å²) in [5, 5.41) is 3.54. The lowest BCUT2D eigenvalue weighted by molar-refractivity contribution is 0.241. The van der Waals surface area contributed by atoms with Gasteiger partial charge in [-0.25, -0.2) is 4.39 Å². The first-order chi connectivity index (χ1) is 9.19. The Balaban J connectivity index is 1.96. The molecule has 0 amide bonds. The van der Waals surface area contributed by atoms with Crippen molar-refractivity contribution in [2.75, 3.05) is 19.6 Å². The molecule has 0 bridgehead atoms. The van der Waals surface area contributed by atoms with Gasteiger partial charge in [0.05, 0.1) is 0 Å². The maximum absolute atomic E-state index is 13.6. The highest BCUT2D eigenvalue weighted by atomic mass is 19.1. The number of halogens is 1. The lowest BCUT2D eigenvalue weighted by atomic mass is 10.1. The topological polar surface area (TPSA) is 15.3 Å². The highest BCUT2D eigenvalue weighted by Gasteiger charge is 2.17. The van der Waals surface area contributed by atoms with Gasteiger partial charge in [-0.1, -0.05) is 19.1 Å². The molecule has 1 aliphatic heterocycles. The van der Waals surface area contributed by atoms with E-state index < -0.39 is 0 Å². The Kier molecular flexibility index (Phi) is 5.34. The normalized spacial score (nSPS) is 19.3. The van der Waals surface area contributed by atoms with Crippen molar-refractivity contribution in [1.82, 2.24) is 10.2 Å². The summed E-state index contributed by atoms with van der Waals surface area (Å²) in [6, 6.07) is 6.22. The average molecular weight is 264 g/mol. The third-order valence-electron chi connectivity index (χ3n) is 3.82. The molecule has 0 aromatic heterocycles. The van der Waals surface area contributed by atoms with Gasteiger partial charge in [-0.2, -0.15) is 0 Å². The van der Waals surface area contributed by atoms with Gasteiger partial charge in [0.2, 0.25) is 0 Å². The van der Waals surface area contributed by atoms with Gasteiger partial charge in [0.15, 0.2) is 0 Å². The van der Waals surface area contributed by atoms with Crippen LogP contribution in [0.4, 0.5) is 4.39 Å². The van der Waals surface area contributed by atoms with Crippen LogP contribution in [0.2, 0.25) is 0 Å². The molecular formula is C16H25FN2. The van der Waals surface area contributed by atoms with Crippen LogP contribution in [0.1, 0.15) is 37.3 Å². The van der Waals surface area contributed by atoms with Crippen molar-refractivity contribution in [2.45, 2.75) is 45.7 Å². The molecule has 1 fully saturated rings. The predicted molar refractivity (Wildman–Crippen MR) is 77.7 cm³/mol. The zero-order valence-corrected chi connectivity index (χ0v) is 12.1. The molecule has 106 valence electrons. The van der Waals surface area contributed by atoms with Gasteiger partial charge < -0.3 is 5.32 Å². The molecule has 0 radical (unpaired) electrons. The molecule has 1 aromatic rings. The zero-order chi connectivity index (χ0) is 13.7. The van der Waals surface area contributed by atoms with Crippen LogP contribution < -0.4 is 5.32 Å². The Morgan fingerprint density at radius 1 is 1.42 bits per heavy atom. The molecule has 1 N–H and O–H groups in total. The fraction of sp³-hybridized carbons (Fsp3) is 0.625. The first kappa shape index (κ1) is 14.5. The number of rotatable bonds is 6. The van der Waals surface area contributed by atoms with Crippen molar-refractivity contribution >= 4 is 0 Å². The number of nitrogens with zero attached hydrogens (tertiary/aromatic N) is 1. The number of hydrogen-bond donors (Lipinski definition) is 1. The van der Waals surface area contributed by atoms with E-state index in [1.165, 1.54) is 12.8 Å². The lowest BCUT2D eigenvalue weighted by Crippen LogP contribution is -2.37. The smallest absolute Gasteiger partial charge is 0.126 e. The van der Waals surface area contributed by atoms with Crippen LogP contribution in [0.3, 0.4) is 0 Å². The van der Waals surface area contributed by atoms with Crippen LogP contribution in [0.25, 0.3) is 0 Å². The van der Waals surface area contributed by atoms with Crippen LogP contribution in [0, 0.1) is 12.7 Å². The molecule has 2 rings (SSSR count). The Morgan fingerprint density at radius 2 is 2.26 bits per heavy atom. The van der Waals surface area contributed by atoms with E-state index in [1.54, 1.807) is 6.07 Å². The van der Waals surface area contributed by atoms with E-state index in [-0.39, 0.29) is 5.82 Å². The van der Waals surface area contributed by atoms with E-state index in [1.807, 2.05) is 19.1 Å². The minimum absolute atomic E-state index is 0.0899. The molecule has 3 heteroatoms. The van der Waals surface area contributed by atoms with Gasteiger partial charge in [0, 0.05) is 19.1 Å². The number of aryl methyl sites for hydroxylation is 1. The average Bonchev–Trinajstić information content (AvgIpc) is 2.87. The second-order valence-electron chi connectivity index (χ2n) is 5.61. The molecule has 0 saturated carbocycles. The maximum atomic E-state index is 13.6. The second kappa shape index (κ2) is 7.01. The van der Waals surface area contributed by atoms with E-state index in [0.717, 1.165) is 43.7 Å². The Labute approximate surface area is 116 Å². The van der Waals surface area contributed by atoms with Gasteiger partial charge >= 0.3 is 0 Å². The number of nitrogens with one attached hydrogen (secondary N) is 1. The predicted octanol–water partition coefficient (Wildman–Crippen LogP) is 3.10. The first-order valence-electron chi connectivity index (χ1n) is 7.40. The van der Waals surface area contributed by atoms with Gasteiger partial charge in [0.25, 0.3) is 0 Å². The van der Waals surface area contributed by atoms with Crippen molar-refractivity contribution in [2.24, 2.45) is 0 Å². The SMILES string of the molecule is CCCN(Cc1ccc(C)c(F)c1)CC1CCCN1. The molecule has 19 heavy (non-hydrogen) atoms. The molecule has 2 nitrogen and oxygen atoms in total. The van der Waals surface area contributed by atoms with E-state index in [0.29, 0.717) is 6.04 Å². The minimum atomic E-state index is -0.0899. The number of benzene rings is 1. The van der Waals surface area contributed by atoms with E-state index in [9.17, 15) is 4.39 Å². The molecule has 0 spiro atoms. The summed E-state index contributed by atoms with van der Waals surface area (Å²) in [4.78, 5) is 2.44. The zero-order valence-electron chi connectivity index (χ0n) is 12.1. The summed E-state index contributed by atoms with van der Waals surface area (Å²) in [6.07, 6.45) is 3.69. The molecular weight excluding hydrogens is 239 g/mol. The van der Waals surface area contributed by atoms with Crippen molar-refractivity contribution in [1.29, 1.82) is 0 Å². The van der Waals surface area contributed by atoms with Crippen molar-refractivity contribution in [3.63, 3.8) is 0 Å². The summed E-state index contributed by atoms with van der Waals surface area (Å²) < 4.78 is 13.6. The molecule has 0 aliphatic carbocycles. The highest BCUT2D eigenvalue weighted by molar-refractivity contribution is 5.23. The molecule has 1 unspecified atom stereocenters. The Morgan fingerprint density at radius 3 is 2.89 bits per heavy atom. The molecule has 1 heterocycles. The van der Waals surface area contributed by atoms with E-state index >= 15 is 0 Å². The first-order valence-corrected chi connectivity index (χ1v) is 7.40. The van der Waals surface area contributed by atoms with Crippen LogP contribution in [0.5, 0.6) is 0 Å².